The zero-order chi connectivity index (χ0) is 13.4. The second-order valence-corrected chi connectivity index (χ2v) is 6.90. The number of hydrogen-bond donors (Lipinski definition) is 1. The van der Waals surface area contributed by atoms with E-state index in [1.165, 1.54) is 11.3 Å². The maximum Gasteiger partial charge on any atom is 0.245 e. The first kappa shape index (κ1) is 12.9. The lowest BCUT2D eigenvalue weighted by atomic mass is 10.1. The molecule has 1 aliphatic heterocycles. The van der Waals surface area contributed by atoms with Gasteiger partial charge in [-0.25, -0.2) is 0 Å². The standard InChI is InChI=1S/C13H15ClN2O2S/c14-10-4-3-9(19-10)7-16-6-5-11(17)15-12(13(16)18)8-1-2-8/h3-4,8,12H,1-2,5-7H2,(H,15,17). The number of nitrogens with one attached hydrogen (secondary N) is 1. The first-order chi connectivity index (χ1) is 9.13. The SMILES string of the molecule is O=C1CCN(Cc2ccc(Cl)s2)C(=O)C(C2CC2)N1. The van der Waals surface area contributed by atoms with E-state index >= 15 is 0 Å². The molecule has 4 nitrogen and oxygen atoms in total. The Morgan fingerprint density at radius 1 is 1.37 bits per heavy atom. The third-order valence-electron chi connectivity index (χ3n) is 3.57. The van der Waals surface area contributed by atoms with E-state index < -0.39 is 0 Å². The van der Waals surface area contributed by atoms with Gasteiger partial charge in [-0.05, 0) is 30.9 Å². The Morgan fingerprint density at radius 2 is 2.16 bits per heavy atom. The Kier molecular flexibility index (Phi) is 3.50. The number of rotatable bonds is 3. The van der Waals surface area contributed by atoms with Crippen LogP contribution in [0.4, 0.5) is 0 Å². The van der Waals surface area contributed by atoms with Gasteiger partial charge < -0.3 is 10.2 Å². The summed E-state index contributed by atoms with van der Waals surface area (Å²) in [7, 11) is 0. The summed E-state index contributed by atoms with van der Waals surface area (Å²) >= 11 is 7.39. The van der Waals surface area contributed by atoms with Crippen molar-refractivity contribution < 1.29 is 9.59 Å². The lowest BCUT2D eigenvalue weighted by Crippen LogP contribution is -2.45. The average Bonchev–Trinajstić information content (AvgIpc) is 3.14. The van der Waals surface area contributed by atoms with Crippen molar-refractivity contribution in [2.75, 3.05) is 6.54 Å². The zero-order valence-corrected chi connectivity index (χ0v) is 12.0. The minimum atomic E-state index is -0.314. The monoisotopic (exact) mass is 298 g/mol. The molecule has 1 saturated heterocycles. The van der Waals surface area contributed by atoms with E-state index in [9.17, 15) is 9.59 Å². The van der Waals surface area contributed by atoms with Crippen molar-refractivity contribution in [3.8, 4) is 0 Å². The second kappa shape index (κ2) is 5.13. The molecule has 1 atom stereocenters. The van der Waals surface area contributed by atoms with Crippen molar-refractivity contribution in [1.29, 1.82) is 0 Å². The van der Waals surface area contributed by atoms with Crippen molar-refractivity contribution >= 4 is 34.8 Å². The molecule has 3 rings (SSSR count). The summed E-state index contributed by atoms with van der Waals surface area (Å²) in [5.41, 5.74) is 0. The Labute approximate surface area is 120 Å². The molecular formula is C13H15ClN2O2S. The third-order valence-corrected chi connectivity index (χ3v) is 4.79. The Balaban J connectivity index is 1.75. The molecule has 2 fully saturated rings. The minimum absolute atomic E-state index is 0.0167. The second-order valence-electron chi connectivity index (χ2n) is 5.10. The van der Waals surface area contributed by atoms with E-state index in [0.717, 1.165) is 22.1 Å². The molecule has 0 aromatic carbocycles. The molecular weight excluding hydrogens is 284 g/mol. The molecule has 0 bridgehead atoms. The molecule has 6 heteroatoms. The fourth-order valence-corrected chi connectivity index (χ4v) is 3.48. The van der Waals surface area contributed by atoms with Gasteiger partial charge in [0.05, 0.1) is 10.9 Å². The highest BCUT2D eigenvalue weighted by Gasteiger charge is 2.40. The summed E-state index contributed by atoms with van der Waals surface area (Å²) in [5.74, 6) is 0.374. The molecule has 1 unspecified atom stereocenters. The average molecular weight is 299 g/mol. The van der Waals surface area contributed by atoms with E-state index in [4.69, 9.17) is 11.6 Å². The molecule has 2 heterocycles. The molecule has 0 spiro atoms. The summed E-state index contributed by atoms with van der Waals surface area (Å²) < 4.78 is 0.727. The maximum atomic E-state index is 12.5. The van der Waals surface area contributed by atoms with Crippen LogP contribution in [0.1, 0.15) is 24.1 Å². The Bertz CT molecular complexity index is 512. The number of amides is 2. The Hall–Kier alpha value is -1.07. The van der Waals surface area contributed by atoms with Crippen molar-refractivity contribution in [3.63, 3.8) is 0 Å². The van der Waals surface area contributed by atoms with E-state index in [1.54, 1.807) is 4.90 Å². The van der Waals surface area contributed by atoms with Crippen LogP contribution >= 0.6 is 22.9 Å². The first-order valence-electron chi connectivity index (χ1n) is 6.46. The van der Waals surface area contributed by atoms with Gasteiger partial charge >= 0.3 is 0 Å². The summed E-state index contributed by atoms with van der Waals surface area (Å²) in [6.45, 7) is 1.04. The number of thiophene rings is 1. The number of carbonyl (C=O) groups is 2. The molecule has 1 aromatic rings. The van der Waals surface area contributed by atoms with Gasteiger partial charge in [0.15, 0.2) is 0 Å². The summed E-state index contributed by atoms with van der Waals surface area (Å²) in [6.07, 6.45) is 2.46. The van der Waals surface area contributed by atoms with Gasteiger partial charge in [-0.1, -0.05) is 11.6 Å². The van der Waals surface area contributed by atoms with Gasteiger partial charge in [0.25, 0.3) is 0 Å². The van der Waals surface area contributed by atoms with Gasteiger partial charge in [0, 0.05) is 17.8 Å². The van der Waals surface area contributed by atoms with E-state index in [0.29, 0.717) is 25.4 Å². The molecule has 1 aromatic heterocycles. The number of nitrogens with zero attached hydrogens (tertiary/aromatic N) is 1. The number of halogens is 1. The molecule has 2 aliphatic rings. The molecule has 1 aliphatic carbocycles. The highest BCUT2D eigenvalue weighted by Crippen LogP contribution is 2.34. The van der Waals surface area contributed by atoms with Crippen molar-refractivity contribution in [2.24, 2.45) is 5.92 Å². The molecule has 2 amide bonds. The number of carbonyl (C=O) groups excluding carboxylic acids is 2. The lowest BCUT2D eigenvalue weighted by molar-refractivity contribution is -0.134. The van der Waals surface area contributed by atoms with Crippen LogP contribution in [0.5, 0.6) is 0 Å². The fraction of sp³-hybridized carbons (Fsp3) is 0.538. The van der Waals surface area contributed by atoms with E-state index in [2.05, 4.69) is 5.32 Å². The third kappa shape index (κ3) is 2.92. The summed E-state index contributed by atoms with van der Waals surface area (Å²) in [6, 6.07) is 3.46. The van der Waals surface area contributed by atoms with Crippen LogP contribution in [0, 0.1) is 5.92 Å². The van der Waals surface area contributed by atoms with Crippen LogP contribution in [-0.4, -0.2) is 29.3 Å². The van der Waals surface area contributed by atoms with Crippen LogP contribution in [0.3, 0.4) is 0 Å². The zero-order valence-electron chi connectivity index (χ0n) is 10.4. The topological polar surface area (TPSA) is 49.4 Å². The highest BCUT2D eigenvalue weighted by atomic mass is 35.5. The predicted octanol–water partition coefficient (Wildman–Crippen LogP) is 2.03. The van der Waals surface area contributed by atoms with Gasteiger partial charge in [0.2, 0.25) is 11.8 Å². The van der Waals surface area contributed by atoms with E-state index in [-0.39, 0.29) is 17.9 Å². The van der Waals surface area contributed by atoms with Crippen LogP contribution in [0.25, 0.3) is 0 Å². The van der Waals surface area contributed by atoms with Gasteiger partial charge in [-0.15, -0.1) is 11.3 Å². The van der Waals surface area contributed by atoms with Crippen LogP contribution in [-0.2, 0) is 16.1 Å². The molecule has 1 saturated carbocycles. The quantitative estimate of drug-likeness (QED) is 0.928. The van der Waals surface area contributed by atoms with Gasteiger partial charge in [0.1, 0.15) is 6.04 Å². The minimum Gasteiger partial charge on any atom is -0.344 e. The van der Waals surface area contributed by atoms with Gasteiger partial charge in [-0.3, -0.25) is 9.59 Å². The lowest BCUT2D eigenvalue weighted by Gasteiger charge is -2.23. The van der Waals surface area contributed by atoms with Crippen molar-refractivity contribution in [1.82, 2.24) is 10.2 Å². The van der Waals surface area contributed by atoms with Crippen LogP contribution in [0.2, 0.25) is 4.34 Å². The fourth-order valence-electron chi connectivity index (χ4n) is 2.38. The van der Waals surface area contributed by atoms with Gasteiger partial charge in [-0.2, -0.15) is 0 Å². The smallest absolute Gasteiger partial charge is 0.245 e. The number of hydrogen-bond acceptors (Lipinski definition) is 3. The highest BCUT2D eigenvalue weighted by molar-refractivity contribution is 7.16. The normalized spacial score (nSPS) is 24.3. The van der Waals surface area contributed by atoms with Crippen molar-refractivity contribution in [3.05, 3.63) is 21.3 Å². The molecule has 102 valence electrons. The first-order valence-corrected chi connectivity index (χ1v) is 7.65. The van der Waals surface area contributed by atoms with Crippen LogP contribution in [0.15, 0.2) is 12.1 Å². The molecule has 19 heavy (non-hydrogen) atoms. The van der Waals surface area contributed by atoms with E-state index in [1.807, 2.05) is 12.1 Å². The summed E-state index contributed by atoms with van der Waals surface area (Å²) in [4.78, 5) is 27.0. The van der Waals surface area contributed by atoms with Crippen LogP contribution < -0.4 is 5.32 Å². The molecule has 1 N–H and O–H groups in total. The largest absolute Gasteiger partial charge is 0.344 e. The summed E-state index contributed by atoms with van der Waals surface area (Å²) in [5, 5.41) is 2.86. The van der Waals surface area contributed by atoms with Crippen molar-refractivity contribution in [2.45, 2.75) is 31.8 Å². The molecule has 0 radical (unpaired) electrons. The Morgan fingerprint density at radius 3 is 2.79 bits per heavy atom. The predicted molar refractivity (Wildman–Crippen MR) is 74.0 cm³/mol. The maximum absolute atomic E-state index is 12.5.